The van der Waals surface area contributed by atoms with E-state index in [9.17, 15) is 27.6 Å². The number of nitrogens with zero attached hydrogens (tertiary/aromatic N) is 2. The van der Waals surface area contributed by atoms with Gasteiger partial charge in [0.1, 0.15) is 17.2 Å². The van der Waals surface area contributed by atoms with Crippen molar-refractivity contribution in [3.05, 3.63) is 65.9 Å². The number of anilines is 3. The van der Waals surface area contributed by atoms with E-state index in [0.29, 0.717) is 32.4 Å². The minimum Gasteiger partial charge on any atom is -0.493 e. The predicted molar refractivity (Wildman–Crippen MR) is 163 cm³/mol. The second-order valence-electron chi connectivity index (χ2n) is 11.2. The van der Waals surface area contributed by atoms with Crippen LogP contribution in [-0.2, 0) is 20.4 Å². The van der Waals surface area contributed by atoms with E-state index < -0.39 is 47.3 Å². The molecule has 1 aliphatic heterocycles. The van der Waals surface area contributed by atoms with Gasteiger partial charge in [0.25, 0.3) is 0 Å². The van der Waals surface area contributed by atoms with Crippen molar-refractivity contribution >= 4 is 35.0 Å². The molecule has 0 atom stereocenters. The largest absolute Gasteiger partial charge is 0.493 e. The molecule has 45 heavy (non-hydrogen) atoms. The van der Waals surface area contributed by atoms with Crippen LogP contribution in [0.2, 0.25) is 0 Å². The highest BCUT2D eigenvalue weighted by molar-refractivity contribution is 6.12. The van der Waals surface area contributed by atoms with Gasteiger partial charge in [0.05, 0.1) is 43.2 Å². The molecule has 2 amide bonds. The monoisotopic (exact) mass is 628 g/mol. The Morgan fingerprint density at radius 1 is 0.956 bits per heavy atom. The van der Waals surface area contributed by atoms with Crippen molar-refractivity contribution in [1.82, 2.24) is 4.98 Å². The number of carbonyl (C=O) groups is 3. The molecule has 0 unspecified atom stereocenters. The van der Waals surface area contributed by atoms with E-state index in [4.69, 9.17) is 14.2 Å². The van der Waals surface area contributed by atoms with E-state index in [2.05, 4.69) is 20.5 Å². The van der Waals surface area contributed by atoms with Gasteiger partial charge in [-0.25, -0.2) is 9.78 Å². The zero-order valence-corrected chi connectivity index (χ0v) is 25.4. The summed E-state index contributed by atoms with van der Waals surface area (Å²) in [6.07, 6.45) is -4.78. The smallest absolute Gasteiger partial charge is 0.420 e. The number of carbonyl (C=O) groups excluding carboxylic acids is 3. The number of benzene rings is 2. The van der Waals surface area contributed by atoms with Crippen LogP contribution in [0.1, 0.15) is 50.0 Å². The van der Waals surface area contributed by atoms with Gasteiger partial charge in [0.15, 0.2) is 5.78 Å². The third kappa shape index (κ3) is 9.17. The first-order valence-electron chi connectivity index (χ1n) is 14.3. The number of hydrogen-bond acceptors (Lipinski definition) is 8. The fraction of sp³-hybridized carbons (Fsp3) is 0.375. The molecule has 1 aromatic heterocycles. The molecule has 2 heterocycles. The number of halogens is 3. The molecule has 10 nitrogen and oxygen atoms in total. The number of nitrogens with one attached hydrogen (secondary N) is 2. The van der Waals surface area contributed by atoms with Gasteiger partial charge in [-0.2, -0.15) is 13.2 Å². The first-order valence-corrected chi connectivity index (χ1v) is 14.3. The Kier molecular flexibility index (Phi) is 10.3. The molecule has 13 heteroatoms. The highest BCUT2D eigenvalue weighted by Crippen LogP contribution is 2.41. The summed E-state index contributed by atoms with van der Waals surface area (Å²) in [7, 11) is 0. The van der Waals surface area contributed by atoms with Crippen molar-refractivity contribution in [2.24, 2.45) is 0 Å². The number of ketones is 1. The molecule has 0 bridgehead atoms. The number of pyridine rings is 1. The van der Waals surface area contributed by atoms with Gasteiger partial charge in [-0.05, 0) is 63.1 Å². The highest BCUT2D eigenvalue weighted by atomic mass is 19.4. The third-order valence-electron chi connectivity index (χ3n) is 6.55. The molecule has 0 saturated carbocycles. The van der Waals surface area contributed by atoms with Crippen LogP contribution in [0.3, 0.4) is 0 Å². The number of amides is 2. The average Bonchev–Trinajstić information content (AvgIpc) is 2.97. The van der Waals surface area contributed by atoms with Crippen molar-refractivity contribution in [1.29, 1.82) is 0 Å². The zero-order valence-electron chi connectivity index (χ0n) is 25.4. The zero-order chi connectivity index (χ0) is 32.8. The van der Waals surface area contributed by atoms with Crippen molar-refractivity contribution in [2.75, 3.05) is 48.4 Å². The summed E-state index contributed by atoms with van der Waals surface area (Å²) in [5.41, 5.74) is -0.859. The van der Waals surface area contributed by atoms with Crippen LogP contribution in [0, 0.1) is 0 Å². The molecule has 1 saturated heterocycles. The third-order valence-corrected chi connectivity index (χ3v) is 6.55. The molecule has 2 N–H and O–H groups in total. The summed E-state index contributed by atoms with van der Waals surface area (Å²) < 4.78 is 57.4. The Bertz CT molecular complexity index is 1550. The van der Waals surface area contributed by atoms with Crippen LogP contribution in [0.4, 0.5) is 35.2 Å². The van der Waals surface area contributed by atoms with Crippen molar-refractivity contribution in [3.8, 4) is 16.9 Å². The Hall–Kier alpha value is -4.65. The predicted octanol–water partition coefficient (Wildman–Crippen LogP) is 6.56. The molecular formula is C32H35F3N4O6. The fourth-order valence-electron chi connectivity index (χ4n) is 4.57. The highest BCUT2D eigenvalue weighted by Gasteiger charge is 2.36. The van der Waals surface area contributed by atoms with Gasteiger partial charge in [-0.1, -0.05) is 18.2 Å². The topological polar surface area (TPSA) is 119 Å². The maximum Gasteiger partial charge on any atom is 0.420 e. The summed E-state index contributed by atoms with van der Waals surface area (Å²) in [6.45, 7) is 8.90. The first kappa shape index (κ1) is 33.2. The van der Waals surface area contributed by atoms with E-state index in [1.54, 1.807) is 45.2 Å². The second kappa shape index (κ2) is 14.0. The molecule has 1 fully saturated rings. The van der Waals surface area contributed by atoms with E-state index in [-0.39, 0.29) is 23.5 Å². The Labute approximate surface area is 258 Å². The lowest BCUT2D eigenvalue weighted by Crippen LogP contribution is -2.36. The molecule has 4 rings (SSSR count). The van der Waals surface area contributed by atoms with Gasteiger partial charge in [0, 0.05) is 30.9 Å². The molecule has 0 radical (unpaired) electrons. The van der Waals surface area contributed by atoms with Crippen LogP contribution in [0.5, 0.6) is 5.75 Å². The standard InChI is InChI=1S/C32H35F3N4O6/c1-5-44-27-18-25(38-30(42)45-31(2,3)4)24(17-23(27)32(33,34)35)37-29(41)19-26(40)22-8-6-7-20(15-22)21-9-10-36-28(16-21)39-11-13-43-14-12-39/h6-10,15-18H,5,11-14,19H2,1-4H3,(H,37,41)(H,38,42). The lowest BCUT2D eigenvalue weighted by Gasteiger charge is -2.28. The Balaban J connectivity index is 1.55. The molecule has 2 aromatic carbocycles. The molecule has 0 spiro atoms. The number of ether oxygens (including phenoxy) is 3. The average molecular weight is 629 g/mol. The summed E-state index contributed by atoms with van der Waals surface area (Å²) in [5.74, 6) is -1.21. The van der Waals surface area contributed by atoms with Crippen LogP contribution in [-0.4, -0.2) is 61.3 Å². The molecule has 1 aliphatic rings. The number of hydrogen-bond donors (Lipinski definition) is 2. The number of rotatable bonds is 9. The van der Waals surface area contributed by atoms with Crippen molar-refractivity contribution in [2.45, 2.75) is 45.9 Å². The quantitative estimate of drug-likeness (QED) is 0.202. The number of alkyl halides is 3. The van der Waals surface area contributed by atoms with E-state index in [1.165, 1.54) is 6.92 Å². The lowest BCUT2D eigenvalue weighted by atomic mass is 10.0. The summed E-state index contributed by atoms with van der Waals surface area (Å²) in [4.78, 5) is 45.1. The van der Waals surface area contributed by atoms with Gasteiger partial charge in [-0.3, -0.25) is 14.9 Å². The molecular weight excluding hydrogens is 593 g/mol. The summed E-state index contributed by atoms with van der Waals surface area (Å²) in [6, 6.07) is 12.0. The van der Waals surface area contributed by atoms with Crippen molar-refractivity contribution < 1.29 is 41.8 Å². The Morgan fingerprint density at radius 3 is 2.31 bits per heavy atom. The van der Waals surface area contributed by atoms with Crippen LogP contribution in [0.15, 0.2) is 54.7 Å². The first-order chi connectivity index (χ1) is 21.2. The van der Waals surface area contributed by atoms with Crippen LogP contribution < -0.4 is 20.3 Å². The molecule has 240 valence electrons. The van der Waals surface area contributed by atoms with E-state index in [0.717, 1.165) is 23.0 Å². The minimum absolute atomic E-state index is 0.0811. The van der Waals surface area contributed by atoms with Gasteiger partial charge in [-0.15, -0.1) is 0 Å². The van der Waals surface area contributed by atoms with Gasteiger partial charge in [0.2, 0.25) is 5.91 Å². The minimum atomic E-state index is -4.83. The summed E-state index contributed by atoms with van der Waals surface area (Å²) in [5, 5.41) is 4.71. The maximum absolute atomic E-state index is 13.9. The van der Waals surface area contributed by atoms with Gasteiger partial charge >= 0.3 is 12.3 Å². The van der Waals surface area contributed by atoms with Gasteiger partial charge < -0.3 is 24.4 Å². The number of aromatic nitrogens is 1. The molecule has 0 aliphatic carbocycles. The lowest BCUT2D eigenvalue weighted by molar-refractivity contribution is -0.138. The van der Waals surface area contributed by atoms with Crippen molar-refractivity contribution in [3.63, 3.8) is 0 Å². The van der Waals surface area contributed by atoms with E-state index in [1.807, 2.05) is 18.2 Å². The Morgan fingerprint density at radius 2 is 1.64 bits per heavy atom. The SMILES string of the molecule is CCOc1cc(NC(=O)OC(C)(C)C)c(NC(=O)CC(=O)c2cccc(-c3ccnc(N4CCOCC4)c3)c2)cc1C(F)(F)F. The number of Topliss-reactive ketones (excluding diaryl/α,β-unsaturated/α-hetero) is 1. The number of morpholine rings is 1. The van der Waals surface area contributed by atoms with Crippen LogP contribution in [0.25, 0.3) is 11.1 Å². The second-order valence-corrected chi connectivity index (χ2v) is 11.2. The molecule has 3 aromatic rings. The fourth-order valence-corrected chi connectivity index (χ4v) is 4.57. The summed E-state index contributed by atoms with van der Waals surface area (Å²) >= 11 is 0. The maximum atomic E-state index is 13.9. The van der Waals surface area contributed by atoms with Crippen LogP contribution >= 0.6 is 0 Å². The normalized spacial score (nSPS) is 13.6. The van der Waals surface area contributed by atoms with E-state index >= 15 is 0 Å².